The van der Waals surface area contributed by atoms with Crippen LogP contribution < -0.4 is 0 Å². The summed E-state index contributed by atoms with van der Waals surface area (Å²) in [4.78, 5) is 11.7. The van der Waals surface area contributed by atoms with Gasteiger partial charge in [-0.05, 0) is 41.5 Å². The van der Waals surface area contributed by atoms with E-state index in [2.05, 4.69) is 22.6 Å². The SMILES string of the molecule is O=C(CCCCCl)c1ccccc1I. The molecule has 0 aliphatic carbocycles. The number of halogens is 2. The van der Waals surface area contributed by atoms with Gasteiger partial charge in [-0.1, -0.05) is 18.2 Å². The van der Waals surface area contributed by atoms with Gasteiger partial charge in [0.25, 0.3) is 0 Å². The number of benzene rings is 1. The van der Waals surface area contributed by atoms with Gasteiger partial charge in [0.1, 0.15) is 0 Å². The molecule has 0 aliphatic rings. The largest absolute Gasteiger partial charge is 0.294 e. The summed E-state index contributed by atoms with van der Waals surface area (Å²) >= 11 is 7.74. The number of hydrogen-bond acceptors (Lipinski definition) is 1. The number of unbranched alkanes of at least 4 members (excludes halogenated alkanes) is 1. The number of hydrogen-bond donors (Lipinski definition) is 0. The van der Waals surface area contributed by atoms with Crippen molar-refractivity contribution in [2.75, 3.05) is 5.88 Å². The molecular formula is C11H12ClIO. The lowest BCUT2D eigenvalue weighted by molar-refractivity contribution is 0.0979. The Morgan fingerprint density at radius 1 is 1.29 bits per heavy atom. The van der Waals surface area contributed by atoms with Crippen molar-refractivity contribution >= 4 is 40.0 Å². The van der Waals surface area contributed by atoms with Crippen LogP contribution in [-0.4, -0.2) is 11.7 Å². The third-order valence-electron chi connectivity index (χ3n) is 1.96. The first-order chi connectivity index (χ1) is 6.75. The minimum absolute atomic E-state index is 0.222. The predicted molar refractivity (Wildman–Crippen MR) is 68.1 cm³/mol. The molecule has 0 unspecified atom stereocenters. The number of rotatable bonds is 5. The van der Waals surface area contributed by atoms with Gasteiger partial charge in [-0.2, -0.15) is 0 Å². The zero-order chi connectivity index (χ0) is 10.4. The van der Waals surface area contributed by atoms with E-state index in [0.29, 0.717) is 12.3 Å². The molecular weight excluding hydrogens is 310 g/mol. The Balaban J connectivity index is 2.56. The molecule has 1 nitrogen and oxygen atoms in total. The van der Waals surface area contributed by atoms with Crippen LogP contribution in [-0.2, 0) is 0 Å². The number of carbonyl (C=O) groups excluding carboxylic acids is 1. The van der Waals surface area contributed by atoms with Crippen LogP contribution in [0.4, 0.5) is 0 Å². The van der Waals surface area contributed by atoms with Gasteiger partial charge in [0.05, 0.1) is 0 Å². The molecule has 0 bridgehead atoms. The lowest BCUT2D eigenvalue weighted by Gasteiger charge is -2.02. The second kappa shape index (κ2) is 6.40. The van der Waals surface area contributed by atoms with Crippen LogP contribution in [0.5, 0.6) is 0 Å². The van der Waals surface area contributed by atoms with Crippen LogP contribution in [0.2, 0.25) is 0 Å². The molecule has 1 aromatic rings. The Bertz CT molecular complexity index is 312. The van der Waals surface area contributed by atoms with Crippen LogP contribution in [0.1, 0.15) is 29.6 Å². The third kappa shape index (κ3) is 3.58. The quantitative estimate of drug-likeness (QED) is 0.348. The smallest absolute Gasteiger partial charge is 0.163 e. The van der Waals surface area contributed by atoms with Crippen LogP contribution in [0.15, 0.2) is 24.3 Å². The fourth-order valence-corrected chi connectivity index (χ4v) is 2.08. The first-order valence-corrected chi connectivity index (χ1v) is 6.20. The van der Waals surface area contributed by atoms with Crippen molar-refractivity contribution in [2.24, 2.45) is 0 Å². The molecule has 0 N–H and O–H groups in total. The molecule has 3 heteroatoms. The summed E-state index contributed by atoms with van der Waals surface area (Å²) in [6.07, 6.45) is 2.40. The van der Waals surface area contributed by atoms with E-state index in [9.17, 15) is 4.79 Å². The van der Waals surface area contributed by atoms with E-state index in [1.165, 1.54) is 0 Å². The summed E-state index contributed by atoms with van der Waals surface area (Å²) in [7, 11) is 0. The van der Waals surface area contributed by atoms with Crippen molar-refractivity contribution in [1.29, 1.82) is 0 Å². The lowest BCUT2D eigenvalue weighted by Crippen LogP contribution is -2.01. The van der Waals surface area contributed by atoms with Gasteiger partial charge >= 0.3 is 0 Å². The fraction of sp³-hybridized carbons (Fsp3) is 0.364. The molecule has 14 heavy (non-hydrogen) atoms. The highest BCUT2D eigenvalue weighted by Crippen LogP contribution is 2.14. The van der Waals surface area contributed by atoms with Gasteiger partial charge in [-0.25, -0.2) is 0 Å². The van der Waals surface area contributed by atoms with Crippen LogP contribution in [0.25, 0.3) is 0 Å². The highest BCUT2D eigenvalue weighted by atomic mass is 127. The molecule has 0 radical (unpaired) electrons. The van der Waals surface area contributed by atoms with Crippen molar-refractivity contribution in [1.82, 2.24) is 0 Å². The monoisotopic (exact) mass is 322 g/mol. The van der Waals surface area contributed by atoms with Crippen LogP contribution in [0.3, 0.4) is 0 Å². The number of carbonyl (C=O) groups is 1. The molecule has 0 aromatic heterocycles. The van der Waals surface area contributed by atoms with Gasteiger partial charge in [0.15, 0.2) is 5.78 Å². The van der Waals surface area contributed by atoms with Crippen molar-refractivity contribution in [3.63, 3.8) is 0 Å². The van der Waals surface area contributed by atoms with Crippen molar-refractivity contribution < 1.29 is 4.79 Å². The molecule has 0 atom stereocenters. The first kappa shape index (κ1) is 12.0. The Kier molecular flexibility index (Phi) is 5.48. The maximum absolute atomic E-state index is 11.7. The molecule has 0 saturated carbocycles. The fourth-order valence-electron chi connectivity index (χ4n) is 1.20. The van der Waals surface area contributed by atoms with Gasteiger partial charge in [-0.3, -0.25) is 4.79 Å². The Morgan fingerprint density at radius 3 is 2.64 bits per heavy atom. The van der Waals surface area contributed by atoms with Crippen molar-refractivity contribution in [2.45, 2.75) is 19.3 Å². The van der Waals surface area contributed by atoms with Gasteiger partial charge < -0.3 is 0 Å². The molecule has 0 saturated heterocycles. The second-order valence-corrected chi connectivity index (χ2v) is 4.59. The highest BCUT2D eigenvalue weighted by Gasteiger charge is 2.07. The summed E-state index contributed by atoms with van der Waals surface area (Å²) in [5.74, 6) is 0.860. The molecule has 1 aromatic carbocycles. The summed E-state index contributed by atoms with van der Waals surface area (Å²) in [5, 5.41) is 0. The topological polar surface area (TPSA) is 17.1 Å². The lowest BCUT2D eigenvalue weighted by atomic mass is 10.1. The summed E-state index contributed by atoms with van der Waals surface area (Å²) in [6.45, 7) is 0. The average molecular weight is 323 g/mol. The summed E-state index contributed by atoms with van der Waals surface area (Å²) in [6, 6.07) is 7.68. The van der Waals surface area contributed by atoms with E-state index in [1.54, 1.807) is 0 Å². The molecule has 0 heterocycles. The first-order valence-electron chi connectivity index (χ1n) is 4.59. The van der Waals surface area contributed by atoms with E-state index in [0.717, 1.165) is 22.0 Å². The van der Waals surface area contributed by atoms with Crippen LogP contribution in [0, 0.1) is 3.57 Å². The zero-order valence-corrected chi connectivity index (χ0v) is 10.7. The van der Waals surface area contributed by atoms with E-state index < -0.39 is 0 Å². The Hall–Kier alpha value is -0.0900. The highest BCUT2D eigenvalue weighted by molar-refractivity contribution is 14.1. The third-order valence-corrected chi connectivity index (χ3v) is 3.17. The van der Waals surface area contributed by atoms with E-state index in [4.69, 9.17) is 11.6 Å². The minimum atomic E-state index is 0.222. The Labute approximate surface area is 103 Å². The van der Waals surface area contributed by atoms with E-state index in [1.807, 2.05) is 24.3 Å². The maximum atomic E-state index is 11.7. The van der Waals surface area contributed by atoms with Gasteiger partial charge in [0.2, 0.25) is 0 Å². The van der Waals surface area contributed by atoms with E-state index in [-0.39, 0.29) is 5.78 Å². The normalized spacial score (nSPS) is 10.1. The number of Topliss-reactive ketones (excluding diaryl/α,β-unsaturated/α-hetero) is 1. The number of alkyl halides is 1. The molecule has 76 valence electrons. The van der Waals surface area contributed by atoms with Crippen LogP contribution >= 0.6 is 34.2 Å². The summed E-state index contributed by atoms with van der Waals surface area (Å²) in [5.41, 5.74) is 0.836. The molecule has 1 rings (SSSR count). The van der Waals surface area contributed by atoms with Gasteiger partial charge in [-0.15, -0.1) is 11.6 Å². The average Bonchev–Trinajstić information content (AvgIpc) is 2.18. The molecule has 0 amide bonds. The maximum Gasteiger partial charge on any atom is 0.163 e. The summed E-state index contributed by atoms with van der Waals surface area (Å²) < 4.78 is 1.03. The molecule has 0 aliphatic heterocycles. The van der Waals surface area contributed by atoms with Crippen molar-refractivity contribution in [3.05, 3.63) is 33.4 Å². The second-order valence-electron chi connectivity index (χ2n) is 3.05. The molecule has 0 spiro atoms. The molecule has 0 fully saturated rings. The zero-order valence-electron chi connectivity index (χ0n) is 7.80. The predicted octanol–water partition coefficient (Wildman–Crippen LogP) is 3.88. The standard InChI is InChI=1S/C11H12ClIO/c12-8-4-3-7-11(14)9-5-1-2-6-10(9)13/h1-2,5-6H,3-4,7-8H2. The minimum Gasteiger partial charge on any atom is -0.294 e. The van der Waals surface area contributed by atoms with Crippen molar-refractivity contribution in [3.8, 4) is 0 Å². The Morgan fingerprint density at radius 2 is 2.00 bits per heavy atom. The number of ketones is 1. The van der Waals surface area contributed by atoms with Gasteiger partial charge in [0, 0.05) is 21.4 Å². The van der Waals surface area contributed by atoms with E-state index >= 15 is 0 Å².